The zero-order chi connectivity index (χ0) is 23.9. The number of nitrogens with one attached hydrogen (secondary N) is 1. The largest absolute Gasteiger partial charge is 0.449 e. The van der Waals surface area contributed by atoms with Crippen LogP contribution >= 0.6 is 0 Å². The van der Waals surface area contributed by atoms with Crippen LogP contribution in [0.1, 0.15) is 35.5 Å². The predicted molar refractivity (Wildman–Crippen MR) is 103 cm³/mol. The van der Waals surface area contributed by atoms with Gasteiger partial charge in [0.2, 0.25) is 6.10 Å². The van der Waals surface area contributed by atoms with Crippen molar-refractivity contribution in [1.82, 2.24) is 4.98 Å². The van der Waals surface area contributed by atoms with E-state index in [4.69, 9.17) is 11.0 Å². The van der Waals surface area contributed by atoms with Gasteiger partial charge in [0.1, 0.15) is 23.1 Å². The maximum absolute atomic E-state index is 15.6. The molecule has 0 saturated carbocycles. The molecule has 0 aliphatic carbocycles. The summed E-state index contributed by atoms with van der Waals surface area (Å²) in [6.07, 6.45) is -7.00. The molecule has 3 unspecified atom stereocenters. The lowest BCUT2D eigenvalue weighted by Crippen LogP contribution is -2.62. The summed E-state index contributed by atoms with van der Waals surface area (Å²) >= 11 is 0. The third-order valence-electron chi connectivity index (χ3n) is 5.19. The Bertz CT molecular complexity index is 1120. The van der Waals surface area contributed by atoms with Gasteiger partial charge in [-0.25, -0.2) is 18.8 Å². The van der Waals surface area contributed by atoms with Gasteiger partial charge < -0.3 is 15.8 Å². The minimum absolute atomic E-state index is 0.0570. The van der Waals surface area contributed by atoms with Gasteiger partial charge in [0, 0.05) is 17.4 Å². The van der Waals surface area contributed by atoms with Gasteiger partial charge in [-0.3, -0.25) is 4.79 Å². The van der Waals surface area contributed by atoms with Crippen LogP contribution in [0.15, 0.2) is 41.5 Å². The number of alkyl halides is 4. The maximum Gasteiger partial charge on any atom is 0.428 e. The quantitative estimate of drug-likeness (QED) is 0.690. The molecule has 0 spiro atoms. The molecule has 1 aromatic carbocycles. The first kappa shape index (κ1) is 22.9. The number of carbonyl (C=O) groups excluding carboxylic acids is 1. The van der Waals surface area contributed by atoms with Crippen LogP contribution in [0.25, 0.3) is 0 Å². The standard InChI is InChI=1S/C20H16F5N5O2/c1-18(22)16(20(23,24)25)32-17(27)30-19(18,2)12-7-11(4-5-13(12)21)29-15(31)14-6-3-10(8-26)9-28-14/h3-7,9,16H,1-2H3,(H2,27,30)(H,29,31). The summed E-state index contributed by atoms with van der Waals surface area (Å²) in [6, 6.07) is 6.45. The molecule has 3 N–H and O–H groups in total. The van der Waals surface area contributed by atoms with Crippen molar-refractivity contribution < 1.29 is 31.5 Å². The van der Waals surface area contributed by atoms with Crippen molar-refractivity contribution in [3.63, 3.8) is 0 Å². The van der Waals surface area contributed by atoms with Crippen LogP contribution in [-0.4, -0.2) is 34.9 Å². The maximum atomic E-state index is 15.6. The number of benzene rings is 1. The number of amides is 1. The van der Waals surface area contributed by atoms with E-state index in [-0.39, 0.29) is 16.9 Å². The Labute approximate surface area is 178 Å². The number of carbonyl (C=O) groups is 1. The number of ether oxygens (including phenoxy) is 1. The second-order valence-corrected chi connectivity index (χ2v) is 7.33. The second kappa shape index (κ2) is 7.74. The first-order valence-corrected chi connectivity index (χ1v) is 9.04. The number of nitrogens with zero attached hydrogens (tertiary/aromatic N) is 3. The molecule has 0 radical (unpaired) electrons. The summed E-state index contributed by atoms with van der Waals surface area (Å²) in [6.45, 7) is 1.54. The van der Waals surface area contributed by atoms with Gasteiger partial charge in [-0.2, -0.15) is 18.4 Å². The molecule has 32 heavy (non-hydrogen) atoms. The molecule has 1 aliphatic heterocycles. The van der Waals surface area contributed by atoms with Crippen LogP contribution in [0.4, 0.5) is 27.6 Å². The summed E-state index contributed by atoms with van der Waals surface area (Å²) < 4.78 is 74.9. The highest BCUT2D eigenvalue weighted by Crippen LogP contribution is 2.50. The van der Waals surface area contributed by atoms with Gasteiger partial charge in [-0.1, -0.05) is 0 Å². The summed E-state index contributed by atoms with van der Waals surface area (Å²) in [4.78, 5) is 19.9. The third kappa shape index (κ3) is 3.93. The van der Waals surface area contributed by atoms with Gasteiger partial charge in [-0.15, -0.1) is 0 Å². The van der Waals surface area contributed by atoms with E-state index < -0.39 is 46.8 Å². The van der Waals surface area contributed by atoms with E-state index in [1.807, 2.05) is 6.07 Å². The van der Waals surface area contributed by atoms with Gasteiger partial charge >= 0.3 is 6.18 Å². The fourth-order valence-electron chi connectivity index (χ4n) is 3.31. The number of rotatable bonds is 3. The van der Waals surface area contributed by atoms with E-state index >= 15 is 4.39 Å². The Kier molecular flexibility index (Phi) is 5.55. The van der Waals surface area contributed by atoms with E-state index in [0.717, 1.165) is 31.3 Å². The van der Waals surface area contributed by atoms with E-state index in [2.05, 4.69) is 20.0 Å². The molecule has 1 aliphatic rings. The normalized spacial score (nSPS) is 25.3. The van der Waals surface area contributed by atoms with Crippen LogP contribution < -0.4 is 11.1 Å². The molecule has 168 valence electrons. The minimum Gasteiger partial charge on any atom is -0.449 e. The molecule has 2 heterocycles. The Balaban J connectivity index is 2.01. The number of pyridine rings is 1. The van der Waals surface area contributed by atoms with E-state index in [0.29, 0.717) is 6.92 Å². The van der Waals surface area contributed by atoms with Gasteiger partial charge in [0.15, 0.2) is 5.67 Å². The van der Waals surface area contributed by atoms with Gasteiger partial charge in [0.25, 0.3) is 11.9 Å². The lowest BCUT2D eigenvalue weighted by atomic mass is 9.74. The highest BCUT2D eigenvalue weighted by atomic mass is 19.4. The summed E-state index contributed by atoms with van der Waals surface area (Å²) in [5.74, 6) is -1.81. The number of halogens is 5. The second-order valence-electron chi connectivity index (χ2n) is 7.33. The number of anilines is 1. The number of amidine groups is 1. The number of hydrogen-bond donors (Lipinski definition) is 2. The molecule has 3 atom stereocenters. The van der Waals surface area contributed by atoms with Crippen molar-refractivity contribution in [2.24, 2.45) is 10.7 Å². The Morgan fingerprint density at radius 2 is 1.97 bits per heavy atom. The molecular formula is C20H16F5N5O2. The average Bonchev–Trinajstić information content (AvgIpc) is 2.71. The molecule has 3 rings (SSSR count). The van der Waals surface area contributed by atoms with Crippen LogP contribution in [-0.2, 0) is 10.3 Å². The fraction of sp³-hybridized carbons (Fsp3) is 0.300. The molecule has 1 aromatic heterocycles. The summed E-state index contributed by atoms with van der Waals surface area (Å²) in [5.41, 5.74) is -0.829. The Hall–Kier alpha value is -3.75. The zero-order valence-corrected chi connectivity index (χ0v) is 16.7. The molecule has 0 bridgehead atoms. The molecule has 7 nitrogen and oxygen atoms in total. The summed E-state index contributed by atoms with van der Waals surface area (Å²) in [5, 5.41) is 11.2. The van der Waals surface area contributed by atoms with Crippen LogP contribution in [0.2, 0.25) is 0 Å². The number of nitrogens with two attached hydrogens (primary N) is 1. The SMILES string of the molecule is CC1(c2cc(NC(=O)c3ccc(C#N)cn3)ccc2F)N=C(N)OC(C(F)(F)F)C1(C)F. The number of aliphatic imine (C=N–C) groups is 1. The highest BCUT2D eigenvalue weighted by molar-refractivity contribution is 6.02. The minimum atomic E-state index is -5.16. The Morgan fingerprint density at radius 3 is 2.53 bits per heavy atom. The smallest absolute Gasteiger partial charge is 0.428 e. The monoisotopic (exact) mass is 453 g/mol. The lowest BCUT2D eigenvalue weighted by molar-refractivity contribution is -0.250. The zero-order valence-electron chi connectivity index (χ0n) is 16.7. The molecule has 0 saturated heterocycles. The Morgan fingerprint density at radius 1 is 1.28 bits per heavy atom. The molecule has 1 amide bonds. The van der Waals surface area contributed by atoms with Gasteiger partial charge in [0.05, 0.1) is 5.56 Å². The highest BCUT2D eigenvalue weighted by Gasteiger charge is 2.66. The first-order valence-electron chi connectivity index (χ1n) is 9.04. The van der Waals surface area contributed by atoms with Crippen molar-refractivity contribution in [2.75, 3.05) is 5.32 Å². The van der Waals surface area contributed by atoms with Crippen molar-refractivity contribution >= 4 is 17.6 Å². The van der Waals surface area contributed by atoms with Crippen LogP contribution in [0.5, 0.6) is 0 Å². The molecular weight excluding hydrogens is 437 g/mol. The van der Waals surface area contributed by atoms with Gasteiger partial charge in [-0.05, 0) is 44.2 Å². The van der Waals surface area contributed by atoms with Crippen molar-refractivity contribution in [2.45, 2.75) is 37.3 Å². The van der Waals surface area contributed by atoms with E-state index in [9.17, 15) is 22.4 Å². The molecule has 2 aromatic rings. The topological polar surface area (TPSA) is 113 Å². The number of hydrogen-bond acceptors (Lipinski definition) is 6. The fourth-order valence-corrected chi connectivity index (χ4v) is 3.31. The first-order chi connectivity index (χ1) is 14.8. The van der Waals surface area contributed by atoms with Crippen molar-refractivity contribution in [3.8, 4) is 6.07 Å². The van der Waals surface area contributed by atoms with Crippen LogP contribution in [0, 0.1) is 17.1 Å². The predicted octanol–water partition coefficient (Wildman–Crippen LogP) is 3.56. The van der Waals surface area contributed by atoms with Crippen molar-refractivity contribution in [1.29, 1.82) is 5.26 Å². The number of aromatic nitrogens is 1. The van der Waals surface area contributed by atoms with Crippen LogP contribution in [0.3, 0.4) is 0 Å². The van der Waals surface area contributed by atoms with E-state index in [1.165, 1.54) is 12.1 Å². The molecule has 0 fully saturated rings. The number of nitriles is 1. The third-order valence-corrected chi connectivity index (χ3v) is 5.19. The average molecular weight is 453 g/mol. The summed E-state index contributed by atoms with van der Waals surface area (Å²) in [7, 11) is 0. The molecule has 12 heteroatoms. The van der Waals surface area contributed by atoms with Crippen molar-refractivity contribution in [3.05, 3.63) is 59.2 Å². The lowest BCUT2D eigenvalue weighted by Gasteiger charge is -2.46. The van der Waals surface area contributed by atoms with E-state index in [1.54, 1.807) is 0 Å².